The van der Waals surface area contributed by atoms with Gasteiger partial charge in [0.2, 0.25) is 0 Å². The van der Waals surface area contributed by atoms with Crippen LogP contribution in [0.3, 0.4) is 0 Å². The summed E-state index contributed by atoms with van der Waals surface area (Å²) in [7, 11) is 0. The van der Waals surface area contributed by atoms with Crippen molar-refractivity contribution in [1.82, 2.24) is 4.98 Å². The fourth-order valence-corrected chi connectivity index (χ4v) is 2.18. The van der Waals surface area contributed by atoms with Gasteiger partial charge in [0, 0.05) is 11.6 Å². The Bertz CT molecular complexity index is 509. The van der Waals surface area contributed by atoms with Gasteiger partial charge in [0.1, 0.15) is 5.75 Å². The topological polar surface area (TPSA) is 51.2 Å². The SMILES string of the molecule is CCCc1ccc(OCC(=O)Nc2nccs2)cc1. The van der Waals surface area contributed by atoms with Gasteiger partial charge in [-0.3, -0.25) is 10.1 Å². The predicted molar refractivity (Wildman–Crippen MR) is 76.7 cm³/mol. The van der Waals surface area contributed by atoms with E-state index in [1.165, 1.54) is 16.9 Å². The molecular weight excluding hydrogens is 260 g/mol. The van der Waals surface area contributed by atoms with Gasteiger partial charge in [-0.05, 0) is 24.1 Å². The second-order valence-corrected chi connectivity index (χ2v) is 4.96. The zero-order valence-corrected chi connectivity index (χ0v) is 11.6. The molecule has 1 aromatic carbocycles. The molecule has 0 saturated heterocycles. The molecule has 0 unspecified atom stereocenters. The van der Waals surface area contributed by atoms with Crippen LogP contribution in [-0.4, -0.2) is 17.5 Å². The van der Waals surface area contributed by atoms with E-state index in [1.807, 2.05) is 29.6 Å². The van der Waals surface area contributed by atoms with Gasteiger partial charge in [-0.15, -0.1) is 11.3 Å². The maximum atomic E-state index is 11.6. The first-order valence-electron chi connectivity index (χ1n) is 6.19. The Kier molecular flexibility index (Phi) is 4.92. The zero-order chi connectivity index (χ0) is 13.5. The Hall–Kier alpha value is -1.88. The van der Waals surface area contributed by atoms with Crippen LogP contribution < -0.4 is 10.1 Å². The molecule has 2 rings (SSSR count). The first-order valence-corrected chi connectivity index (χ1v) is 7.07. The molecule has 0 fully saturated rings. The minimum atomic E-state index is -0.201. The molecule has 0 saturated carbocycles. The highest BCUT2D eigenvalue weighted by molar-refractivity contribution is 7.13. The van der Waals surface area contributed by atoms with Crippen molar-refractivity contribution >= 4 is 22.4 Å². The third-order valence-electron chi connectivity index (χ3n) is 2.51. The van der Waals surface area contributed by atoms with Gasteiger partial charge in [0.25, 0.3) is 5.91 Å². The summed E-state index contributed by atoms with van der Waals surface area (Å²) in [5, 5.41) is 5.07. The van der Waals surface area contributed by atoms with Crippen molar-refractivity contribution in [3.05, 3.63) is 41.4 Å². The highest BCUT2D eigenvalue weighted by Gasteiger charge is 2.05. The quantitative estimate of drug-likeness (QED) is 0.882. The summed E-state index contributed by atoms with van der Waals surface area (Å²) < 4.78 is 5.41. The van der Waals surface area contributed by atoms with Crippen molar-refractivity contribution in [2.24, 2.45) is 0 Å². The number of hydrogen-bond acceptors (Lipinski definition) is 4. The van der Waals surface area contributed by atoms with Crippen molar-refractivity contribution < 1.29 is 9.53 Å². The highest BCUT2D eigenvalue weighted by Crippen LogP contribution is 2.14. The maximum Gasteiger partial charge on any atom is 0.264 e. The number of benzene rings is 1. The Morgan fingerprint density at radius 3 is 2.79 bits per heavy atom. The number of carbonyl (C=O) groups excluding carboxylic acids is 1. The molecule has 100 valence electrons. The molecule has 0 aliphatic carbocycles. The number of ether oxygens (including phenoxy) is 1. The predicted octanol–water partition coefficient (Wildman–Crippen LogP) is 3.11. The number of anilines is 1. The van der Waals surface area contributed by atoms with Crippen LogP contribution in [0.4, 0.5) is 5.13 Å². The normalized spacial score (nSPS) is 10.2. The van der Waals surface area contributed by atoms with E-state index in [4.69, 9.17) is 4.74 Å². The van der Waals surface area contributed by atoms with E-state index >= 15 is 0 Å². The first-order chi connectivity index (χ1) is 9.28. The summed E-state index contributed by atoms with van der Waals surface area (Å²) in [6.45, 7) is 2.14. The van der Waals surface area contributed by atoms with Gasteiger partial charge in [-0.25, -0.2) is 4.98 Å². The number of nitrogens with zero attached hydrogens (tertiary/aromatic N) is 1. The minimum Gasteiger partial charge on any atom is -0.484 e. The summed E-state index contributed by atoms with van der Waals surface area (Å²) in [6.07, 6.45) is 3.83. The summed E-state index contributed by atoms with van der Waals surface area (Å²) in [5.74, 6) is 0.502. The molecular formula is C14H16N2O2S. The minimum absolute atomic E-state index is 0.00724. The lowest BCUT2D eigenvalue weighted by atomic mass is 10.1. The van der Waals surface area contributed by atoms with Gasteiger partial charge >= 0.3 is 0 Å². The molecule has 1 heterocycles. The second kappa shape index (κ2) is 6.89. The Balaban J connectivity index is 1.79. The van der Waals surface area contributed by atoms with Gasteiger partial charge < -0.3 is 4.74 Å². The Morgan fingerprint density at radius 1 is 1.37 bits per heavy atom. The highest BCUT2D eigenvalue weighted by atomic mass is 32.1. The molecule has 1 amide bonds. The van der Waals surface area contributed by atoms with Crippen LogP contribution in [0.2, 0.25) is 0 Å². The van der Waals surface area contributed by atoms with E-state index in [2.05, 4.69) is 17.2 Å². The Labute approximate surface area is 116 Å². The van der Waals surface area contributed by atoms with Crippen LogP contribution in [0.25, 0.3) is 0 Å². The Morgan fingerprint density at radius 2 is 2.16 bits per heavy atom. The van der Waals surface area contributed by atoms with Crippen molar-refractivity contribution in [3.63, 3.8) is 0 Å². The average molecular weight is 276 g/mol. The summed E-state index contributed by atoms with van der Waals surface area (Å²) in [5.41, 5.74) is 1.28. The molecule has 1 N–H and O–H groups in total. The van der Waals surface area contributed by atoms with E-state index in [1.54, 1.807) is 6.20 Å². The number of hydrogen-bond donors (Lipinski definition) is 1. The largest absolute Gasteiger partial charge is 0.484 e. The van der Waals surface area contributed by atoms with Crippen LogP contribution in [0.15, 0.2) is 35.8 Å². The third-order valence-corrected chi connectivity index (χ3v) is 3.20. The molecule has 1 aromatic heterocycles. The fraction of sp³-hybridized carbons (Fsp3) is 0.286. The molecule has 0 aliphatic rings. The van der Waals surface area contributed by atoms with Crippen molar-refractivity contribution in [2.45, 2.75) is 19.8 Å². The van der Waals surface area contributed by atoms with Crippen LogP contribution in [-0.2, 0) is 11.2 Å². The summed E-state index contributed by atoms with van der Waals surface area (Å²) >= 11 is 1.38. The van der Waals surface area contributed by atoms with Crippen molar-refractivity contribution in [2.75, 3.05) is 11.9 Å². The molecule has 0 aliphatic heterocycles. The zero-order valence-electron chi connectivity index (χ0n) is 10.8. The lowest BCUT2D eigenvalue weighted by Crippen LogP contribution is -2.19. The van der Waals surface area contributed by atoms with Gasteiger partial charge in [0.05, 0.1) is 0 Å². The standard InChI is InChI=1S/C14H16N2O2S/c1-2-3-11-4-6-12(7-5-11)18-10-13(17)16-14-15-8-9-19-14/h4-9H,2-3,10H2,1H3,(H,15,16,17). The van der Waals surface area contributed by atoms with Gasteiger partial charge in [-0.2, -0.15) is 0 Å². The van der Waals surface area contributed by atoms with Crippen LogP contribution in [0.5, 0.6) is 5.75 Å². The number of carbonyl (C=O) groups is 1. The average Bonchev–Trinajstić information content (AvgIpc) is 2.91. The summed E-state index contributed by atoms with van der Waals surface area (Å²) in [6, 6.07) is 7.83. The van der Waals surface area contributed by atoms with Crippen molar-refractivity contribution in [1.29, 1.82) is 0 Å². The molecule has 2 aromatic rings. The van der Waals surface area contributed by atoms with E-state index in [-0.39, 0.29) is 12.5 Å². The molecule has 4 nitrogen and oxygen atoms in total. The van der Waals surface area contributed by atoms with Gasteiger partial charge in [-0.1, -0.05) is 25.5 Å². The maximum absolute atomic E-state index is 11.6. The number of nitrogens with one attached hydrogen (secondary N) is 1. The third kappa shape index (κ3) is 4.37. The van der Waals surface area contributed by atoms with E-state index in [9.17, 15) is 4.79 Å². The summed E-state index contributed by atoms with van der Waals surface area (Å²) in [4.78, 5) is 15.6. The lowest BCUT2D eigenvalue weighted by Gasteiger charge is -2.06. The van der Waals surface area contributed by atoms with Gasteiger partial charge in [0.15, 0.2) is 11.7 Å². The fourth-order valence-electron chi connectivity index (χ4n) is 1.63. The molecule has 0 radical (unpaired) electrons. The molecule has 5 heteroatoms. The monoisotopic (exact) mass is 276 g/mol. The van der Waals surface area contributed by atoms with E-state index in [0.717, 1.165) is 12.8 Å². The number of amides is 1. The number of aromatic nitrogens is 1. The molecule has 0 spiro atoms. The van der Waals surface area contributed by atoms with E-state index < -0.39 is 0 Å². The van der Waals surface area contributed by atoms with Crippen molar-refractivity contribution in [3.8, 4) is 5.75 Å². The van der Waals surface area contributed by atoms with Crippen LogP contribution in [0.1, 0.15) is 18.9 Å². The second-order valence-electron chi connectivity index (χ2n) is 4.07. The van der Waals surface area contributed by atoms with Crippen LogP contribution in [0, 0.1) is 0 Å². The molecule has 19 heavy (non-hydrogen) atoms. The van der Waals surface area contributed by atoms with E-state index in [0.29, 0.717) is 10.9 Å². The molecule has 0 atom stereocenters. The first kappa shape index (κ1) is 13.5. The lowest BCUT2D eigenvalue weighted by molar-refractivity contribution is -0.118. The number of rotatable bonds is 6. The smallest absolute Gasteiger partial charge is 0.264 e. The number of aryl methyl sites for hydroxylation is 1. The molecule has 0 bridgehead atoms. The number of thiazole rings is 1. The van der Waals surface area contributed by atoms with Crippen LogP contribution >= 0.6 is 11.3 Å².